The van der Waals surface area contributed by atoms with Gasteiger partial charge in [0.05, 0.1) is 21.0 Å². The van der Waals surface area contributed by atoms with Crippen molar-refractivity contribution in [3.05, 3.63) is 59.7 Å². The summed E-state index contributed by atoms with van der Waals surface area (Å²) in [5.74, 6) is 0.0196. The first-order valence-electron chi connectivity index (χ1n) is 6.38. The van der Waals surface area contributed by atoms with Crippen molar-refractivity contribution in [1.82, 2.24) is 0 Å². The highest BCUT2D eigenvalue weighted by molar-refractivity contribution is 9.12. The summed E-state index contributed by atoms with van der Waals surface area (Å²) in [4.78, 5) is 14.2. The number of benzene rings is 2. The van der Waals surface area contributed by atoms with Crippen LogP contribution in [0, 0.1) is 0 Å². The number of amides is 1. The number of carbonyl (C=O) groups is 1. The van der Waals surface area contributed by atoms with Crippen molar-refractivity contribution in [3.8, 4) is 0 Å². The second kappa shape index (κ2) is 5.34. The molecule has 0 radical (unpaired) electrons. The molecule has 0 aliphatic carbocycles. The molecular formula is C16H13Br2NO. The van der Waals surface area contributed by atoms with Gasteiger partial charge in [-0.3, -0.25) is 9.69 Å². The SMILES string of the molecule is CC(=O)N1c2ccccc2[C@@H](Br)[C@H](Br)c2ccccc21. The summed E-state index contributed by atoms with van der Waals surface area (Å²) in [6, 6.07) is 16.0. The maximum Gasteiger partial charge on any atom is 0.228 e. The Balaban J connectivity index is 2.33. The molecule has 0 N–H and O–H groups in total. The molecule has 4 heteroatoms. The van der Waals surface area contributed by atoms with E-state index in [-0.39, 0.29) is 15.6 Å². The lowest BCUT2D eigenvalue weighted by Gasteiger charge is -2.23. The molecule has 2 aromatic carbocycles. The number of halogens is 2. The number of carbonyl (C=O) groups excluding carboxylic acids is 1. The molecule has 0 spiro atoms. The summed E-state index contributed by atoms with van der Waals surface area (Å²) in [7, 11) is 0. The molecule has 3 rings (SSSR count). The second-order valence-corrected chi connectivity index (χ2v) is 6.75. The number of anilines is 2. The van der Waals surface area contributed by atoms with E-state index in [0.717, 1.165) is 22.5 Å². The van der Waals surface area contributed by atoms with Gasteiger partial charge in [-0.2, -0.15) is 0 Å². The Morgan fingerprint density at radius 1 is 0.900 bits per heavy atom. The first-order valence-corrected chi connectivity index (χ1v) is 8.21. The van der Waals surface area contributed by atoms with E-state index < -0.39 is 0 Å². The molecule has 1 amide bonds. The van der Waals surface area contributed by atoms with Crippen molar-refractivity contribution < 1.29 is 4.79 Å². The molecule has 1 aliphatic rings. The number of fused-ring (bicyclic) bond motifs is 2. The van der Waals surface area contributed by atoms with Gasteiger partial charge >= 0.3 is 0 Å². The van der Waals surface area contributed by atoms with E-state index in [2.05, 4.69) is 44.0 Å². The van der Waals surface area contributed by atoms with Gasteiger partial charge in [0.25, 0.3) is 0 Å². The zero-order valence-corrected chi connectivity index (χ0v) is 14.1. The molecular weight excluding hydrogens is 382 g/mol. The molecule has 2 aromatic rings. The van der Waals surface area contributed by atoms with Crippen molar-refractivity contribution in [3.63, 3.8) is 0 Å². The number of hydrogen-bond acceptors (Lipinski definition) is 1. The minimum atomic E-state index is 0.0196. The minimum Gasteiger partial charge on any atom is -0.281 e. The summed E-state index contributed by atoms with van der Waals surface area (Å²) < 4.78 is 0. The van der Waals surface area contributed by atoms with E-state index >= 15 is 0 Å². The van der Waals surface area contributed by atoms with Gasteiger partial charge in [0.15, 0.2) is 0 Å². The second-order valence-electron chi connectivity index (χ2n) is 4.78. The Morgan fingerprint density at radius 2 is 1.30 bits per heavy atom. The smallest absolute Gasteiger partial charge is 0.228 e. The van der Waals surface area contributed by atoms with Gasteiger partial charge in [-0.25, -0.2) is 0 Å². The van der Waals surface area contributed by atoms with Gasteiger partial charge in [0, 0.05) is 6.92 Å². The van der Waals surface area contributed by atoms with Crippen molar-refractivity contribution in [1.29, 1.82) is 0 Å². The Kier molecular flexibility index (Phi) is 3.69. The van der Waals surface area contributed by atoms with E-state index in [1.54, 1.807) is 11.8 Å². The van der Waals surface area contributed by atoms with Crippen LogP contribution in [0.15, 0.2) is 48.5 Å². The normalized spacial score (nSPS) is 20.9. The number of para-hydroxylation sites is 2. The fourth-order valence-corrected chi connectivity index (χ4v) is 3.98. The molecule has 0 saturated heterocycles. The minimum absolute atomic E-state index is 0.0196. The summed E-state index contributed by atoms with van der Waals surface area (Å²) in [6.07, 6.45) is 0. The molecule has 20 heavy (non-hydrogen) atoms. The molecule has 0 aromatic heterocycles. The van der Waals surface area contributed by atoms with Gasteiger partial charge in [0.2, 0.25) is 5.91 Å². The molecule has 1 aliphatic heterocycles. The van der Waals surface area contributed by atoms with Crippen LogP contribution in [-0.4, -0.2) is 5.91 Å². The van der Waals surface area contributed by atoms with Crippen LogP contribution in [0.3, 0.4) is 0 Å². The highest BCUT2D eigenvalue weighted by Gasteiger charge is 2.32. The summed E-state index contributed by atoms with van der Waals surface area (Å²) in [5, 5.41) is 0. The Morgan fingerprint density at radius 3 is 1.70 bits per heavy atom. The topological polar surface area (TPSA) is 20.3 Å². The zero-order valence-electron chi connectivity index (χ0n) is 10.9. The largest absolute Gasteiger partial charge is 0.281 e. The van der Waals surface area contributed by atoms with Crippen molar-refractivity contribution in [2.24, 2.45) is 0 Å². The summed E-state index contributed by atoms with van der Waals surface area (Å²) in [6.45, 7) is 1.60. The number of alkyl halides is 2. The van der Waals surface area contributed by atoms with E-state index in [1.807, 2.05) is 36.4 Å². The first kappa shape index (κ1) is 13.8. The van der Waals surface area contributed by atoms with Crippen LogP contribution in [-0.2, 0) is 4.79 Å². The zero-order chi connectivity index (χ0) is 14.3. The quantitative estimate of drug-likeness (QED) is 0.558. The van der Waals surface area contributed by atoms with Crippen LogP contribution in [0.2, 0.25) is 0 Å². The third-order valence-electron chi connectivity index (χ3n) is 3.52. The van der Waals surface area contributed by atoms with Crippen molar-refractivity contribution in [2.75, 3.05) is 4.90 Å². The van der Waals surface area contributed by atoms with E-state index in [1.165, 1.54) is 0 Å². The van der Waals surface area contributed by atoms with Crippen LogP contribution in [0.5, 0.6) is 0 Å². The Labute approximate surface area is 135 Å². The molecule has 102 valence electrons. The summed E-state index contributed by atoms with van der Waals surface area (Å²) in [5.41, 5.74) is 4.11. The maximum atomic E-state index is 12.2. The van der Waals surface area contributed by atoms with Gasteiger partial charge in [-0.15, -0.1) is 0 Å². The average Bonchev–Trinajstić information content (AvgIpc) is 2.55. The Bertz CT molecular complexity index is 620. The van der Waals surface area contributed by atoms with E-state index in [0.29, 0.717) is 0 Å². The van der Waals surface area contributed by atoms with Gasteiger partial charge in [-0.1, -0.05) is 68.3 Å². The molecule has 2 atom stereocenters. The third-order valence-corrected chi connectivity index (χ3v) is 6.27. The number of rotatable bonds is 0. The predicted octanol–water partition coefficient (Wildman–Crippen LogP) is 5.26. The van der Waals surface area contributed by atoms with E-state index in [4.69, 9.17) is 0 Å². The highest BCUT2D eigenvalue weighted by atomic mass is 79.9. The summed E-state index contributed by atoms with van der Waals surface area (Å²) >= 11 is 7.53. The monoisotopic (exact) mass is 393 g/mol. The molecule has 2 nitrogen and oxygen atoms in total. The van der Waals surface area contributed by atoms with Crippen LogP contribution in [0.25, 0.3) is 0 Å². The lowest BCUT2D eigenvalue weighted by atomic mass is 10.0. The molecule has 0 fully saturated rings. The van der Waals surface area contributed by atoms with Gasteiger partial charge in [0.1, 0.15) is 0 Å². The standard InChI is InChI=1S/C16H13Br2NO/c1-10(20)19-13-8-4-2-6-11(13)15(17)16(18)12-7-3-5-9-14(12)19/h2-9,15-16H,1H3/t15-,16-/m1/s1. The van der Waals surface area contributed by atoms with Crippen LogP contribution >= 0.6 is 31.9 Å². The van der Waals surface area contributed by atoms with Crippen molar-refractivity contribution in [2.45, 2.75) is 16.6 Å². The van der Waals surface area contributed by atoms with Crippen LogP contribution in [0.4, 0.5) is 11.4 Å². The van der Waals surface area contributed by atoms with Crippen LogP contribution < -0.4 is 4.90 Å². The molecule has 0 unspecified atom stereocenters. The number of hydrogen-bond donors (Lipinski definition) is 0. The highest BCUT2D eigenvalue weighted by Crippen LogP contribution is 2.52. The van der Waals surface area contributed by atoms with Gasteiger partial charge in [-0.05, 0) is 23.3 Å². The molecule has 0 bridgehead atoms. The van der Waals surface area contributed by atoms with Gasteiger partial charge < -0.3 is 0 Å². The maximum absolute atomic E-state index is 12.2. The fraction of sp³-hybridized carbons (Fsp3) is 0.188. The Hall–Kier alpha value is -1.13. The third kappa shape index (κ3) is 2.11. The van der Waals surface area contributed by atoms with Crippen LogP contribution in [0.1, 0.15) is 27.7 Å². The lowest BCUT2D eigenvalue weighted by Crippen LogP contribution is -2.23. The lowest BCUT2D eigenvalue weighted by molar-refractivity contribution is -0.115. The average molecular weight is 395 g/mol. The fourth-order valence-electron chi connectivity index (χ4n) is 2.63. The molecule has 1 heterocycles. The first-order chi connectivity index (χ1) is 9.61. The number of nitrogens with zero attached hydrogens (tertiary/aromatic N) is 1. The molecule has 0 saturated carbocycles. The van der Waals surface area contributed by atoms with Crippen molar-refractivity contribution >= 4 is 49.1 Å². The van der Waals surface area contributed by atoms with E-state index in [9.17, 15) is 4.79 Å². The predicted molar refractivity (Wildman–Crippen MR) is 89.0 cm³/mol.